The van der Waals surface area contributed by atoms with Gasteiger partial charge in [0, 0.05) is 24.9 Å². The number of ether oxygens (including phenoxy) is 1. The molecule has 1 aromatic rings. The van der Waals surface area contributed by atoms with Crippen molar-refractivity contribution in [2.75, 3.05) is 6.61 Å². The van der Waals surface area contributed by atoms with E-state index < -0.39 is 0 Å². The van der Waals surface area contributed by atoms with Crippen molar-refractivity contribution in [1.82, 2.24) is 10.3 Å². The van der Waals surface area contributed by atoms with Crippen molar-refractivity contribution in [2.24, 2.45) is 0 Å². The Bertz CT molecular complexity index is 368. The van der Waals surface area contributed by atoms with E-state index in [1.807, 2.05) is 6.20 Å². The predicted octanol–water partition coefficient (Wildman–Crippen LogP) is 4.46. The zero-order valence-corrected chi connectivity index (χ0v) is 14.2. The lowest BCUT2D eigenvalue weighted by Gasteiger charge is -2.20. The number of hydrogen-bond acceptors (Lipinski definition) is 3. The maximum atomic E-state index is 5.68. The molecule has 0 unspecified atom stereocenters. The van der Waals surface area contributed by atoms with Crippen molar-refractivity contribution in [3.05, 3.63) is 29.6 Å². The fourth-order valence-corrected chi connectivity index (χ4v) is 2.00. The van der Waals surface area contributed by atoms with Crippen LogP contribution in [0.1, 0.15) is 71.1 Å². The normalized spacial score (nSPS) is 11.8. The van der Waals surface area contributed by atoms with Crippen molar-refractivity contribution in [3.63, 3.8) is 0 Å². The van der Waals surface area contributed by atoms with Gasteiger partial charge in [-0.15, -0.1) is 0 Å². The zero-order valence-electron chi connectivity index (χ0n) is 14.2. The van der Waals surface area contributed by atoms with Crippen LogP contribution in [0.4, 0.5) is 0 Å². The molecule has 0 aliphatic carbocycles. The smallest absolute Gasteiger partial charge is 0.0887 e. The topological polar surface area (TPSA) is 34.1 Å². The van der Waals surface area contributed by atoms with Crippen molar-refractivity contribution >= 4 is 0 Å². The fraction of sp³-hybridized carbons (Fsp3) is 0.722. The first kappa shape index (κ1) is 18.1. The number of pyridine rings is 1. The van der Waals surface area contributed by atoms with Gasteiger partial charge in [0.2, 0.25) is 0 Å². The van der Waals surface area contributed by atoms with Gasteiger partial charge in [-0.05, 0) is 38.8 Å². The lowest BCUT2D eigenvalue weighted by molar-refractivity contribution is 0.114. The number of hydrogen-bond donors (Lipinski definition) is 1. The van der Waals surface area contributed by atoms with Crippen LogP contribution in [0, 0.1) is 0 Å². The van der Waals surface area contributed by atoms with E-state index in [9.17, 15) is 0 Å². The molecule has 1 rings (SSSR count). The Morgan fingerprint density at radius 1 is 1.10 bits per heavy atom. The van der Waals surface area contributed by atoms with Crippen LogP contribution in [0.2, 0.25) is 0 Å². The van der Waals surface area contributed by atoms with Gasteiger partial charge in [0.25, 0.3) is 0 Å². The lowest BCUT2D eigenvalue weighted by Crippen LogP contribution is -2.35. The molecule has 0 bridgehead atoms. The molecule has 0 radical (unpaired) electrons. The first-order chi connectivity index (χ1) is 10.0. The average molecular weight is 292 g/mol. The Morgan fingerprint density at radius 3 is 2.48 bits per heavy atom. The van der Waals surface area contributed by atoms with Gasteiger partial charge in [-0.25, -0.2) is 0 Å². The highest BCUT2D eigenvalue weighted by Gasteiger charge is 2.08. The highest BCUT2D eigenvalue weighted by atomic mass is 16.5. The summed E-state index contributed by atoms with van der Waals surface area (Å²) in [5, 5.41) is 3.46. The minimum atomic E-state index is 0.138. The number of nitrogens with zero attached hydrogens (tertiary/aromatic N) is 1. The van der Waals surface area contributed by atoms with E-state index in [2.05, 4.69) is 50.1 Å². The van der Waals surface area contributed by atoms with Crippen LogP contribution in [0.25, 0.3) is 0 Å². The van der Waals surface area contributed by atoms with Crippen molar-refractivity contribution in [2.45, 2.75) is 78.5 Å². The Morgan fingerprint density at radius 2 is 1.86 bits per heavy atom. The number of nitrogens with one attached hydrogen (secondary N) is 1. The molecular weight excluding hydrogens is 260 g/mol. The van der Waals surface area contributed by atoms with Crippen LogP contribution in [0.15, 0.2) is 18.3 Å². The summed E-state index contributed by atoms with van der Waals surface area (Å²) in [6.07, 6.45) is 8.34. The zero-order chi connectivity index (χ0) is 15.6. The third kappa shape index (κ3) is 9.59. The Balaban J connectivity index is 2.16. The third-order valence-corrected chi connectivity index (χ3v) is 3.35. The quantitative estimate of drug-likeness (QED) is 0.647. The summed E-state index contributed by atoms with van der Waals surface area (Å²) in [7, 11) is 0. The first-order valence-corrected chi connectivity index (χ1v) is 8.28. The van der Waals surface area contributed by atoms with Crippen molar-refractivity contribution < 1.29 is 4.74 Å². The molecule has 3 nitrogen and oxygen atoms in total. The minimum Gasteiger partial charge on any atom is -0.375 e. The molecule has 1 aromatic heterocycles. The second-order valence-electron chi connectivity index (χ2n) is 6.73. The second kappa shape index (κ2) is 9.91. The molecule has 0 aliphatic rings. The first-order valence-electron chi connectivity index (χ1n) is 8.28. The summed E-state index contributed by atoms with van der Waals surface area (Å²) in [6.45, 7) is 11.1. The molecule has 1 N–H and O–H groups in total. The van der Waals surface area contributed by atoms with Crippen LogP contribution in [-0.2, 0) is 17.9 Å². The summed E-state index contributed by atoms with van der Waals surface area (Å²) in [6, 6.07) is 4.20. The van der Waals surface area contributed by atoms with Crippen LogP contribution in [0.3, 0.4) is 0 Å². The standard InChI is InChI=1S/C18H32N2O/c1-5-6-7-8-9-12-21-15-17-11-10-16(13-19-17)14-20-18(2,3)4/h10-11,13,20H,5-9,12,14-15H2,1-4H3. The van der Waals surface area contributed by atoms with E-state index in [1.165, 1.54) is 31.2 Å². The Hall–Kier alpha value is -0.930. The molecular formula is C18H32N2O. The summed E-state index contributed by atoms with van der Waals surface area (Å²) in [5.41, 5.74) is 2.37. The van der Waals surface area contributed by atoms with Crippen LogP contribution in [-0.4, -0.2) is 17.1 Å². The molecule has 0 aliphatic heterocycles. The molecule has 120 valence electrons. The largest absolute Gasteiger partial charge is 0.375 e. The molecule has 0 saturated heterocycles. The van der Waals surface area contributed by atoms with E-state index in [-0.39, 0.29) is 5.54 Å². The molecule has 0 fully saturated rings. The Labute approximate surface area is 130 Å². The molecule has 0 amide bonds. The molecule has 3 heteroatoms. The molecule has 0 saturated carbocycles. The van der Waals surface area contributed by atoms with Gasteiger partial charge in [0.05, 0.1) is 12.3 Å². The summed E-state index contributed by atoms with van der Waals surface area (Å²) in [5.74, 6) is 0. The highest BCUT2D eigenvalue weighted by Crippen LogP contribution is 2.06. The van der Waals surface area contributed by atoms with Gasteiger partial charge in [-0.3, -0.25) is 4.98 Å². The van der Waals surface area contributed by atoms with Gasteiger partial charge in [0.15, 0.2) is 0 Å². The van der Waals surface area contributed by atoms with E-state index in [0.29, 0.717) is 6.61 Å². The summed E-state index contributed by atoms with van der Waals surface area (Å²) in [4.78, 5) is 4.46. The molecule has 1 heterocycles. The molecule has 0 spiro atoms. The van der Waals surface area contributed by atoms with E-state index in [4.69, 9.17) is 4.74 Å². The second-order valence-corrected chi connectivity index (χ2v) is 6.73. The number of unbranched alkanes of at least 4 members (excludes halogenated alkanes) is 4. The maximum absolute atomic E-state index is 5.68. The van der Waals surface area contributed by atoms with Crippen molar-refractivity contribution in [1.29, 1.82) is 0 Å². The highest BCUT2D eigenvalue weighted by molar-refractivity contribution is 5.13. The molecule has 0 aromatic carbocycles. The van der Waals surface area contributed by atoms with Gasteiger partial charge >= 0.3 is 0 Å². The summed E-state index contributed by atoms with van der Waals surface area (Å²) >= 11 is 0. The number of aromatic nitrogens is 1. The van der Waals surface area contributed by atoms with Crippen LogP contribution >= 0.6 is 0 Å². The minimum absolute atomic E-state index is 0.138. The average Bonchev–Trinajstić information content (AvgIpc) is 2.44. The van der Waals surface area contributed by atoms with Crippen molar-refractivity contribution in [3.8, 4) is 0 Å². The summed E-state index contributed by atoms with van der Waals surface area (Å²) < 4.78 is 5.68. The number of rotatable bonds is 10. The van der Waals surface area contributed by atoms with E-state index in [1.54, 1.807) is 0 Å². The third-order valence-electron chi connectivity index (χ3n) is 3.35. The van der Waals surface area contributed by atoms with E-state index in [0.717, 1.165) is 25.3 Å². The van der Waals surface area contributed by atoms with Crippen LogP contribution < -0.4 is 5.32 Å². The fourth-order valence-electron chi connectivity index (χ4n) is 2.00. The maximum Gasteiger partial charge on any atom is 0.0887 e. The Kier molecular flexibility index (Phi) is 8.55. The molecule has 21 heavy (non-hydrogen) atoms. The van der Waals surface area contributed by atoms with E-state index >= 15 is 0 Å². The molecule has 0 atom stereocenters. The van der Waals surface area contributed by atoms with Gasteiger partial charge < -0.3 is 10.1 Å². The lowest BCUT2D eigenvalue weighted by atomic mass is 10.1. The van der Waals surface area contributed by atoms with Crippen LogP contribution in [0.5, 0.6) is 0 Å². The van der Waals surface area contributed by atoms with Gasteiger partial charge in [-0.2, -0.15) is 0 Å². The SMILES string of the molecule is CCCCCCCOCc1ccc(CNC(C)(C)C)cn1. The predicted molar refractivity (Wildman–Crippen MR) is 89.2 cm³/mol. The van der Waals surface area contributed by atoms with Gasteiger partial charge in [0.1, 0.15) is 0 Å². The van der Waals surface area contributed by atoms with Gasteiger partial charge in [-0.1, -0.05) is 38.7 Å². The monoisotopic (exact) mass is 292 g/mol.